The molecule has 0 radical (unpaired) electrons. The summed E-state index contributed by atoms with van der Waals surface area (Å²) in [7, 11) is 0. The Balaban J connectivity index is 1.65. The molecule has 1 aliphatic carbocycles. The lowest BCUT2D eigenvalue weighted by Crippen LogP contribution is -2.30. The third-order valence-corrected chi connectivity index (χ3v) is 5.36. The van der Waals surface area contributed by atoms with Gasteiger partial charge in [-0.3, -0.25) is 4.79 Å². The van der Waals surface area contributed by atoms with Gasteiger partial charge < -0.3 is 4.90 Å². The fourth-order valence-electron chi connectivity index (χ4n) is 3.05. The van der Waals surface area contributed by atoms with Gasteiger partial charge in [0.05, 0.1) is 10.6 Å². The van der Waals surface area contributed by atoms with E-state index < -0.39 is 0 Å². The minimum absolute atomic E-state index is 0.285. The molecular formula is C16H16N2OS. The molecule has 4 rings (SSSR count). The van der Waals surface area contributed by atoms with E-state index >= 15 is 0 Å². The summed E-state index contributed by atoms with van der Waals surface area (Å²) in [6.45, 7) is 1.91. The fourth-order valence-corrected chi connectivity index (χ4v) is 4.16. The van der Waals surface area contributed by atoms with Crippen LogP contribution in [-0.2, 0) is 19.4 Å². The maximum absolute atomic E-state index is 11.9. The van der Waals surface area contributed by atoms with E-state index in [-0.39, 0.29) is 5.78 Å². The summed E-state index contributed by atoms with van der Waals surface area (Å²) in [5.74, 6) is 0.285. The van der Waals surface area contributed by atoms with Crippen molar-refractivity contribution in [2.45, 2.75) is 32.2 Å². The number of rotatable bonds is 1. The van der Waals surface area contributed by atoms with Gasteiger partial charge in [-0.15, -0.1) is 0 Å². The first kappa shape index (κ1) is 12.1. The predicted octanol–water partition coefficient (Wildman–Crippen LogP) is 3.22. The predicted molar refractivity (Wildman–Crippen MR) is 80.6 cm³/mol. The van der Waals surface area contributed by atoms with Gasteiger partial charge in [-0.1, -0.05) is 35.6 Å². The highest BCUT2D eigenvalue weighted by Crippen LogP contribution is 2.34. The van der Waals surface area contributed by atoms with Crippen molar-refractivity contribution in [1.82, 2.24) is 4.98 Å². The summed E-state index contributed by atoms with van der Waals surface area (Å²) in [5.41, 5.74) is 3.86. The number of Topliss-reactive ketones (excluding diaryl/α,β-unsaturated/α-hetero) is 1. The van der Waals surface area contributed by atoms with Crippen molar-refractivity contribution in [2.75, 3.05) is 11.4 Å². The molecule has 20 heavy (non-hydrogen) atoms. The molecule has 1 aromatic heterocycles. The number of hydrogen-bond donors (Lipinski definition) is 0. The van der Waals surface area contributed by atoms with Crippen LogP contribution in [0.2, 0.25) is 0 Å². The number of hydrogen-bond acceptors (Lipinski definition) is 4. The van der Waals surface area contributed by atoms with Crippen LogP contribution in [0.25, 0.3) is 0 Å². The summed E-state index contributed by atoms with van der Waals surface area (Å²) in [6.07, 6.45) is 3.67. The van der Waals surface area contributed by atoms with Gasteiger partial charge in [0.15, 0.2) is 10.9 Å². The van der Waals surface area contributed by atoms with Crippen LogP contribution in [-0.4, -0.2) is 17.3 Å². The van der Waals surface area contributed by atoms with Crippen LogP contribution < -0.4 is 4.90 Å². The van der Waals surface area contributed by atoms with Crippen molar-refractivity contribution < 1.29 is 4.79 Å². The van der Waals surface area contributed by atoms with E-state index in [4.69, 9.17) is 4.98 Å². The molecule has 1 aromatic carbocycles. The smallest absolute Gasteiger partial charge is 0.186 e. The van der Waals surface area contributed by atoms with Crippen LogP contribution in [0.1, 0.15) is 39.3 Å². The van der Waals surface area contributed by atoms with E-state index in [1.807, 2.05) is 0 Å². The summed E-state index contributed by atoms with van der Waals surface area (Å²) < 4.78 is 0. The number of ketones is 1. The first-order valence-electron chi connectivity index (χ1n) is 7.16. The van der Waals surface area contributed by atoms with Crippen LogP contribution in [0.15, 0.2) is 24.3 Å². The lowest BCUT2D eigenvalue weighted by Gasteiger charge is -2.28. The largest absolute Gasteiger partial charge is 0.343 e. The van der Waals surface area contributed by atoms with Crippen molar-refractivity contribution in [3.8, 4) is 0 Å². The summed E-state index contributed by atoms with van der Waals surface area (Å²) in [4.78, 5) is 19.9. The zero-order chi connectivity index (χ0) is 13.5. The van der Waals surface area contributed by atoms with Gasteiger partial charge in [-0.25, -0.2) is 4.98 Å². The third-order valence-electron chi connectivity index (χ3n) is 4.16. The molecule has 102 valence electrons. The Morgan fingerprint density at radius 2 is 1.95 bits per heavy atom. The number of nitrogens with zero attached hydrogens (tertiary/aromatic N) is 2. The zero-order valence-corrected chi connectivity index (χ0v) is 12.1. The van der Waals surface area contributed by atoms with Crippen molar-refractivity contribution in [3.63, 3.8) is 0 Å². The Hall–Kier alpha value is -1.68. The van der Waals surface area contributed by atoms with E-state index in [2.05, 4.69) is 29.2 Å². The third kappa shape index (κ3) is 1.95. The number of carbonyl (C=O) groups excluding carboxylic acids is 1. The SMILES string of the molecule is O=C1CCCc2nc(N3CCc4ccccc4C3)sc21. The first-order chi connectivity index (χ1) is 9.81. The molecule has 3 nitrogen and oxygen atoms in total. The van der Waals surface area contributed by atoms with Crippen molar-refractivity contribution in [2.24, 2.45) is 0 Å². The molecule has 0 saturated carbocycles. The molecule has 2 aliphatic rings. The van der Waals surface area contributed by atoms with Gasteiger partial charge in [-0.05, 0) is 30.4 Å². The second-order valence-corrected chi connectivity index (χ2v) is 6.47. The standard InChI is InChI=1S/C16H16N2OS/c19-14-7-3-6-13-15(14)20-16(17-13)18-9-8-11-4-1-2-5-12(11)10-18/h1-2,4-5H,3,6-10H2. The van der Waals surface area contributed by atoms with E-state index in [0.717, 1.165) is 48.1 Å². The molecule has 0 bridgehead atoms. The molecule has 2 heterocycles. The zero-order valence-electron chi connectivity index (χ0n) is 11.3. The molecule has 0 N–H and O–H groups in total. The van der Waals surface area contributed by atoms with Crippen molar-refractivity contribution in [1.29, 1.82) is 0 Å². The van der Waals surface area contributed by atoms with Gasteiger partial charge in [0.25, 0.3) is 0 Å². The molecule has 4 heteroatoms. The average Bonchev–Trinajstić information content (AvgIpc) is 2.92. The Morgan fingerprint density at radius 3 is 2.80 bits per heavy atom. The van der Waals surface area contributed by atoms with Crippen LogP contribution >= 0.6 is 11.3 Å². The van der Waals surface area contributed by atoms with E-state index in [1.54, 1.807) is 11.3 Å². The Bertz CT molecular complexity index is 677. The quantitative estimate of drug-likeness (QED) is 0.806. The van der Waals surface area contributed by atoms with Crippen LogP contribution in [0.4, 0.5) is 5.13 Å². The van der Waals surface area contributed by atoms with Crippen LogP contribution in [0.5, 0.6) is 0 Å². The number of benzene rings is 1. The normalized spacial score (nSPS) is 17.8. The Morgan fingerprint density at radius 1 is 1.10 bits per heavy atom. The highest BCUT2D eigenvalue weighted by Gasteiger charge is 2.25. The first-order valence-corrected chi connectivity index (χ1v) is 7.97. The molecule has 0 unspecified atom stereocenters. The van der Waals surface area contributed by atoms with E-state index in [1.165, 1.54) is 11.1 Å². The highest BCUT2D eigenvalue weighted by atomic mass is 32.1. The van der Waals surface area contributed by atoms with Gasteiger partial charge >= 0.3 is 0 Å². The molecule has 1 aliphatic heterocycles. The molecule has 0 spiro atoms. The number of fused-ring (bicyclic) bond motifs is 2. The minimum Gasteiger partial charge on any atom is -0.343 e. The minimum atomic E-state index is 0.285. The monoisotopic (exact) mass is 284 g/mol. The molecule has 0 saturated heterocycles. The lowest BCUT2D eigenvalue weighted by atomic mass is 10.0. The van der Waals surface area contributed by atoms with Gasteiger partial charge in [-0.2, -0.15) is 0 Å². The molecule has 2 aromatic rings. The topological polar surface area (TPSA) is 33.2 Å². The second-order valence-electron chi connectivity index (χ2n) is 5.49. The number of thiazole rings is 1. The van der Waals surface area contributed by atoms with E-state index in [9.17, 15) is 4.79 Å². The number of aryl methyl sites for hydroxylation is 1. The number of anilines is 1. The lowest BCUT2D eigenvalue weighted by molar-refractivity contribution is 0.0976. The molecule has 0 amide bonds. The van der Waals surface area contributed by atoms with Crippen LogP contribution in [0, 0.1) is 0 Å². The van der Waals surface area contributed by atoms with E-state index in [0.29, 0.717) is 6.42 Å². The molecular weight excluding hydrogens is 268 g/mol. The summed E-state index contributed by atoms with van der Waals surface area (Å²) >= 11 is 1.59. The number of aromatic nitrogens is 1. The fraction of sp³-hybridized carbons (Fsp3) is 0.375. The van der Waals surface area contributed by atoms with Gasteiger partial charge in [0.1, 0.15) is 0 Å². The number of carbonyl (C=O) groups is 1. The van der Waals surface area contributed by atoms with Gasteiger partial charge in [0, 0.05) is 19.5 Å². The molecule has 0 fully saturated rings. The second kappa shape index (κ2) is 4.70. The Labute approximate surface area is 122 Å². The Kier molecular flexibility index (Phi) is 2.84. The average molecular weight is 284 g/mol. The maximum atomic E-state index is 11.9. The van der Waals surface area contributed by atoms with Crippen molar-refractivity contribution in [3.05, 3.63) is 46.0 Å². The summed E-state index contributed by atoms with van der Waals surface area (Å²) in [5, 5.41) is 1.03. The molecule has 0 atom stereocenters. The van der Waals surface area contributed by atoms with Crippen molar-refractivity contribution >= 4 is 22.3 Å². The van der Waals surface area contributed by atoms with Crippen LogP contribution in [0.3, 0.4) is 0 Å². The van der Waals surface area contributed by atoms with Gasteiger partial charge in [0.2, 0.25) is 0 Å². The summed E-state index contributed by atoms with van der Waals surface area (Å²) in [6, 6.07) is 8.61. The highest BCUT2D eigenvalue weighted by molar-refractivity contribution is 7.17. The maximum Gasteiger partial charge on any atom is 0.186 e.